The number of benzene rings is 1. The van der Waals surface area contributed by atoms with Gasteiger partial charge >= 0.3 is 39.3 Å². The van der Waals surface area contributed by atoms with Crippen LogP contribution in [0.3, 0.4) is 0 Å². The van der Waals surface area contributed by atoms with Crippen LogP contribution in [0.5, 0.6) is 0 Å². The molecule has 4 nitrogen and oxygen atoms in total. The lowest BCUT2D eigenvalue weighted by molar-refractivity contribution is 0.328. The minimum atomic E-state index is -1.23. The topological polar surface area (TPSA) is 36.9 Å². The average molecular weight is 281 g/mol. The molecule has 0 aromatic heterocycles. The van der Waals surface area contributed by atoms with E-state index in [9.17, 15) is 0 Å². The molecule has 1 aliphatic rings. The Morgan fingerprint density at radius 1 is 0.938 bits per heavy atom. The van der Waals surface area contributed by atoms with Gasteiger partial charge in [-0.3, -0.25) is 0 Å². The first kappa shape index (κ1) is 12.4. The van der Waals surface area contributed by atoms with Gasteiger partial charge in [-0.15, -0.1) is 0 Å². The van der Waals surface area contributed by atoms with E-state index in [4.69, 9.17) is 16.5 Å². The standard InChI is InChI=1S/C8H9O4Si4/c1-2-4-8(5-3-1)6-7-16-11-14-9-13-10-15-12-16/h1-5H,6-7H2. The quantitative estimate of drug-likeness (QED) is 0.752. The largest absolute Gasteiger partial charge is 0.413 e. The molecule has 2 rings (SSSR count). The molecule has 16 heavy (non-hydrogen) atoms. The van der Waals surface area contributed by atoms with E-state index in [2.05, 4.69) is 12.1 Å². The summed E-state index contributed by atoms with van der Waals surface area (Å²) in [6.45, 7) is 0. The van der Waals surface area contributed by atoms with Crippen LogP contribution in [-0.2, 0) is 22.9 Å². The summed E-state index contributed by atoms with van der Waals surface area (Å²) in [5.41, 5.74) is 1.31. The summed E-state index contributed by atoms with van der Waals surface area (Å²) in [5.74, 6) is 0. The van der Waals surface area contributed by atoms with Crippen molar-refractivity contribution in [2.75, 3.05) is 0 Å². The summed E-state index contributed by atoms with van der Waals surface area (Å²) < 4.78 is 21.3. The summed E-state index contributed by atoms with van der Waals surface area (Å²) in [5, 5.41) is 0. The van der Waals surface area contributed by atoms with Crippen molar-refractivity contribution in [3.05, 3.63) is 35.9 Å². The highest BCUT2D eigenvalue weighted by Crippen LogP contribution is 2.07. The van der Waals surface area contributed by atoms with Gasteiger partial charge in [-0.05, 0) is 18.0 Å². The van der Waals surface area contributed by atoms with Gasteiger partial charge in [0.2, 0.25) is 0 Å². The highest BCUT2D eigenvalue weighted by Gasteiger charge is 2.20. The Morgan fingerprint density at radius 2 is 1.62 bits per heavy atom. The molecule has 7 radical (unpaired) electrons. The number of hydrogen-bond acceptors (Lipinski definition) is 4. The molecule has 1 heterocycles. The first-order valence-electron chi connectivity index (χ1n) is 4.75. The van der Waals surface area contributed by atoms with E-state index < -0.39 is 9.28 Å². The Balaban J connectivity index is 1.75. The van der Waals surface area contributed by atoms with Crippen LogP contribution >= 0.6 is 0 Å². The van der Waals surface area contributed by atoms with Crippen LogP contribution < -0.4 is 0 Å². The minimum absolute atomic E-state index is 0.0459. The van der Waals surface area contributed by atoms with E-state index in [0.29, 0.717) is 0 Å². The maximum atomic E-state index is 5.52. The Bertz CT molecular complexity index is 291. The van der Waals surface area contributed by atoms with Crippen molar-refractivity contribution in [2.24, 2.45) is 0 Å². The third-order valence-corrected chi connectivity index (χ3v) is 6.42. The van der Waals surface area contributed by atoms with Gasteiger partial charge in [-0.1, -0.05) is 30.3 Å². The fourth-order valence-corrected chi connectivity index (χ4v) is 5.70. The predicted octanol–water partition coefficient (Wildman–Crippen LogP) is 0.400. The maximum Gasteiger partial charge on any atom is 0.412 e. The molecule has 0 amide bonds. The van der Waals surface area contributed by atoms with E-state index in [1.165, 1.54) is 5.56 Å². The van der Waals surface area contributed by atoms with Crippen LogP contribution in [0.2, 0.25) is 6.04 Å². The molecule has 0 atom stereocenters. The van der Waals surface area contributed by atoms with E-state index >= 15 is 0 Å². The monoisotopic (exact) mass is 281 g/mol. The van der Waals surface area contributed by atoms with Crippen LogP contribution in [0.1, 0.15) is 5.56 Å². The molecule has 0 N–H and O–H groups in total. The molecule has 1 saturated heterocycles. The van der Waals surface area contributed by atoms with Crippen molar-refractivity contribution in [3.63, 3.8) is 0 Å². The lowest BCUT2D eigenvalue weighted by Crippen LogP contribution is -2.33. The highest BCUT2D eigenvalue weighted by molar-refractivity contribution is 6.60. The molecule has 8 heteroatoms. The van der Waals surface area contributed by atoms with E-state index in [1.807, 2.05) is 18.2 Å². The Morgan fingerprint density at radius 3 is 2.31 bits per heavy atom. The van der Waals surface area contributed by atoms with Gasteiger partial charge in [-0.25, -0.2) is 0 Å². The van der Waals surface area contributed by atoms with Crippen LogP contribution in [0.4, 0.5) is 0 Å². The number of hydrogen-bond donors (Lipinski definition) is 0. The van der Waals surface area contributed by atoms with E-state index in [0.717, 1.165) is 12.5 Å². The molecule has 1 aliphatic heterocycles. The zero-order valence-electron chi connectivity index (χ0n) is 8.43. The second kappa shape index (κ2) is 7.29. The van der Waals surface area contributed by atoms with Gasteiger partial charge in [0.25, 0.3) is 0 Å². The molecule has 1 fully saturated rings. The summed E-state index contributed by atoms with van der Waals surface area (Å²) in [6.07, 6.45) is 0.979. The third-order valence-electron chi connectivity index (χ3n) is 1.94. The Kier molecular flexibility index (Phi) is 5.64. The lowest BCUT2D eigenvalue weighted by Gasteiger charge is -2.16. The van der Waals surface area contributed by atoms with E-state index in [-0.39, 0.29) is 30.0 Å². The summed E-state index contributed by atoms with van der Waals surface area (Å²) in [7, 11) is -1.08. The number of rotatable bonds is 3. The first-order valence-corrected chi connectivity index (χ1v) is 8.72. The Hall–Kier alpha value is -0.0725. The fourth-order valence-electron chi connectivity index (χ4n) is 1.20. The SMILES string of the molecule is c1ccc(CC[Si]2O[Si]O[Si]O[Si]O2)cc1. The van der Waals surface area contributed by atoms with Crippen molar-refractivity contribution < 1.29 is 16.5 Å². The van der Waals surface area contributed by atoms with Gasteiger partial charge in [0.1, 0.15) is 0 Å². The molecule has 0 spiro atoms. The van der Waals surface area contributed by atoms with Crippen molar-refractivity contribution in [1.29, 1.82) is 0 Å². The normalized spacial score (nSPS) is 19.0. The molecule has 0 saturated carbocycles. The second-order valence-corrected chi connectivity index (χ2v) is 8.03. The minimum Gasteiger partial charge on any atom is -0.413 e. The molecule has 1 aromatic rings. The first-order chi connectivity index (χ1) is 7.95. The Labute approximate surface area is 104 Å². The average Bonchev–Trinajstić information content (AvgIpc) is 2.29. The van der Waals surface area contributed by atoms with Crippen LogP contribution in [0.15, 0.2) is 30.3 Å². The van der Waals surface area contributed by atoms with E-state index in [1.54, 1.807) is 0 Å². The molecule has 0 aliphatic carbocycles. The number of aryl methyl sites for hydroxylation is 1. The van der Waals surface area contributed by atoms with Crippen molar-refractivity contribution in [2.45, 2.75) is 12.5 Å². The molecule has 81 valence electrons. The van der Waals surface area contributed by atoms with Crippen LogP contribution in [0, 0.1) is 0 Å². The lowest BCUT2D eigenvalue weighted by atomic mass is 10.2. The van der Waals surface area contributed by atoms with Gasteiger partial charge in [0.15, 0.2) is 0 Å². The zero-order chi connectivity index (χ0) is 11.1. The zero-order valence-corrected chi connectivity index (χ0v) is 12.4. The van der Waals surface area contributed by atoms with Crippen molar-refractivity contribution in [3.8, 4) is 0 Å². The summed E-state index contributed by atoms with van der Waals surface area (Å²) in [4.78, 5) is 0. The molecular weight excluding hydrogens is 272 g/mol. The van der Waals surface area contributed by atoms with Crippen molar-refractivity contribution in [1.82, 2.24) is 0 Å². The van der Waals surface area contributed by atoms with Crippen LogP contribution in [0.25, 0.3) is 0 Å². The second-order valence-electron chi connectivity index (χ2n) is 3.02. The van der Waals surface area contributed by atoms with Gasteiger partial charge in [0.05, 0.1) is 0 Å². The molecule has 1 aromatic carbocycles. The van der Waals surface area contributed by atoms with Crippen LogP contribution in [-0.4, -0.2) is 39.3 Å². The highest BCUT2D eigenvalue weighted by atomic mass is 28.4. The van der Waals surface area contributed by atoms with Gasteiger partial charge in [-0.2, -0.15) is 0 Å². The fraction of sp³-hybridized carbons (Fsp3) is 0.250. The summed E-state index contributed by atoms with van der Waals surface area (Å²) >= 11 is 0. The van der Waals surface area contributed by atoms with Gasteiger partial charge < -0.3 is 16.5 Å². The summed E-state index contributed by atoms with van der Waals surface area (Å²) in [6, 6.07) is 11.3. The molecule has 0 bridgehead atoms. The maximum absolute atomic E-state index is 5.52. The predicted molar refractivity (Wildman–Crippen MR) is 62.3 cm³/mol. The molecule has 0 unspecified atom stereocenters. The van der Waals surface area contributed by atoms with Gasteiger partial charge in [0, 0.05) is 0 Å². The smallest absolute Gasteiger partial charge is 0.412 e. The third kappa shape index (κ3) is 4.43. The van der Waals surface area contributed by atoms with Crippen molar-refractivity contribution >= 4 is 39.3 Å². The molecular formula is C8H9O4Si4.